The molecule has 0 amide bonds. The topological polar surface area (TPSA) is 0 Å². The molecule has 0 saturated carbocycles. The maximum absolute atomic E-state index is 2.35. The molecule has 84 valence electrons. The van der Waals surface area contributed by atoms with E-state index in [0.29, 0.717) is 5.92 Å². The van der Waals surface area contributed by atoms with Gasteiger partial charge in [0.2, 0.25) is 0 Å². The summed E-state index contributed by atoms with van der Waals surface area (Å²) in [6, 6.07) is 15.1. The van der Waals surface area contributed by atoms with Gasteiger partial charge in [-0.1, -0.05) is 67.6 Å². The van der Waals surface area contributed by atoms with E-state index in [2.05, 4.69) is 67.6 Å². The SMILES string of the molecule is CC1C=CC(c2cccc3ccccc23)=CC1. The normalized spacial score (nSPS) is 19.4. The Bertz CT molecular complexity index is 597. The summed E-state index contributed by atoms with van der Waals surface area (Å²) < 4.78 is 0. The summed E-state index contributed by atoms with van der Waals surface area (Å²) in [4.78, 5) is 0. The Labute approximate surface area is 102 Å². The zero-order chi connectivity index (χ0) is 11.7. The molecule has 1 atom stereocenters. The predicted molar refractivity (Wildman–Crippen MR) is 74.8 cm³/mol. The molecule has 0 bridgehead atoms. The summed E-state index contributed by atoms with van der Waals surface area (Å²) in [5.74, 6) is 0.675. The maximum Gasteiger partial charge on any atom is -0.0106 e. The van der Waals surface area contributed by atoms with Gasteiger partial charge in [-0.3, -0.25) is 0 Å². The summed E-state index contributed by atoms with van der Waals surface area (Å²) in [6.07, 6.45) is 8.06. The largest absolute Gasteiger partial charge is 0.0808 e. The first-order valence-electron chi connectivity index (χ1n) is 6.21. The second kappa shape index (κ2) is 4.21. The third kappa shape index (κ3) is 1.91. The number of benzene rings is 2. The Balaban J connectivity index is 2.15. The van der Waals surface area contributed by atoms with E-state index >= 15 is 0 Å². The number of allylic oxidation sites excluding steroid dienone is 4. The van der Waals surface area contributed by atoms with Gasteiger partial charge in [-0.2, -0.15) is 0 Å². The Morgan fingerprint density at radius 3 is 2.65 bits per heavy atom. The van der Waals surface area contributed by atoms with E-state index in [9.17, 15) is 0 Å². The van der Waals surface area contributed by atoms with Crippen LogP contribution in [0.4, 0.5) is 0 Å². The van der Waals surface area contributed by atoms with E-state index in [0.717, 1.165) is 6.42 Å². The molecule has 17 heavy (non-hydrogen) atoms. The van der Waals surface area contributed by atoms with Crippen LogP contribution in [0.25, 0.3) is 16.3 Å². The zero-order valence-electron chi connectivity index (χ0n) is 10.1. The standard InChI is InChI=1S/C17H16/c1-13-9-11-15(12-10-13)17-8-4-6-14-5-2-3-7-16(14)17/h2-9,11-13H,10H2,1H3. The number of hydrogen-bond acceptors (Lipinski definition) is 0. The first-order chi connectivity index (χ1) is 8.34. The highest BCUT2D eigenvalue weighted by Crippen LogP contribution is 2.29. The van der Waals surface area contributed by atoms with Crippen molar-refractivity contribution in [3.63, 3.8) is 0 Å². The van der Waals surface area contributed by atoms with Crippen molar-refractivity contribution in [2.45, 2.75) is 13.3 Å². The first kappa shape index (κ1) is 10.3. The summed E-state index contributed by atoms with van der Waals surface area (Å²) in [6.45, 7) is 2.26. The molecule has 1 aliphatic rings. The van der Waals surface area contributed by atoms with E-state index < -0.39 is 0 Å². The van der Waals surface area contributed by atoms with Crippen LogP contribution in [-0.4, -0.2) is 0 Å². The summed E-state index contributed by atoms with van der Waals surface area (Å²) in [7, 11) is 0. The van der Waals surface area contributed by atoms with Crippen LogP contribution in [0.2, 0.25) is 0 Å². The van der Waals surface area contributed by atoms with Crippen molar-refractivity contribution in [1.29, 1.82) is 0 Å². The molecule has 0 heterocycles. The van der Waals surface area contributed by atoms with Crippen LogP contribution in [0.1, 0.15) is 18.9 Å². The lowest BCUT2D eigenvalue weighted by Crippen LogP contribution is -1.94. The Morgan fingerprint density at radius 1 is 1.00 bits per heavy atom. The summed E-state index contributed by atoms with van der Waals surface area (Å²) >= 11 is 0. The Hall–Kier alpha value is -1.82. The minimum Gasteiger partial charge on any atom is -0.0808 e. The fraction of sp³-hybridized carbons (Fsp3) is 0.176. The highest BCUT2D eigenvalue weighted by molar-refractivity contribution is 5.96. The predicted octanol–water partition coefficient (Wildman–Crippen LogP) is 4.82. The summed E-state index contributed by atoms with van der Waals surface area (Å²) in [5, 5.41) is 2.67. The van der Waals surface area contributed by atoms with Crippen LogP contribution < -0.4 is 0 Å². The van der Waals surface area contributed by atoms with Gasteiger partial charge >= 0.3 is 0 Å². The van der Waals surface area contributed by atoms with Gasteiger partial charge in [0.15, 0.2) is 0 Å². The molecule has 0 radical (unpaired) electrons. The number of hydrogen-bond donors (Lipinski definition) is 0. The van der Waals surface area contributed by atoms with E-state index in [1.54, 1.807) is 0 Å². The maximum atomic E-state index is 2.35. The minimum absolute atomic E-state index is 0.675. The minimum atomic E-state index is 0.675. The lowest BCUT2D eigenvalue weighted by molar-refractivity contribution is 0.739. The molecule has 0 saturated heterocycles. The molecule has 3 rings (SSSR count). The van der Waals surface area contributed by atoms with Crippen molar-refractivity contribution in [3.05, 3.63) is 66.3 Å². The van der Waals surface area contributed by atoms with Gasteiger partial charge in [-0.25, -0.2) is 0 Å². The van der Waals surface area contributed by atoms with Crippen molar-refractivity contribution >= 4 is 16.3 Å². The third-order valence-corrected chi connectivity index (χ3v) is 3.41. The molecule has 1 aliphatic carbocycles. The van der Waals surface area contributed by atoms with Crippen LogP contribution >= 0.6 is 0 Å². The van der Waals surface area contributed by atoms with Gasteiger partial charge in [-0.15, -0.1) is 0 Å². The molecular weight excluding hydrogens is 204 g/mol. The van der Waals surface area contributed by atoms with Gasteiger partial charge in [0, 0.05) is 0 Å². The average molecular weight is 220 g/mol. The number of rotatable bonds is 1. The molecule has 2 aromatic rings. The molecule has 0 spiro atoms. The number of fused-ring (bicyclic) bond motifs is 1. The van der Waals surface area contributed by atoms with Crippen molar-refractivity contribution < 1.29 is 0 Å². The second-order valence-corrected chi connectivity index (χ2v) is 4.76. The Kier molecular flexibility index (Phi) is 2.56. The van der Waals surface area contributed by atoms with Crippen LogP contribution in [0.15, 0.2) is 60.7 Å². The van der Waals surface area contributed by atoms with Crippen LogP contribution in [0.5, 0.6) is 0 Å². The molecule has 2 aromatic carbocycles. The molecule has 0 nitrogen and oxygen atoms in total. The van der Waals surface area contributed by atoms with Gasteiger partial charge < -0.3 is 0 Å². The van der Waals surface area contributed by atoms with Crippen LogP contribution in [-0.2, 0) is 0 Å². The molecular formula is C17H16. The molecule has 0 N–H and O–H groups in total. The molecule has 0 fully saturated rings. The molecule has 0 aromatic heterocycles. The van der Waals surface area contributed by atoms with Gasteiger partial charge in [0.1, 0.15) is 0 Å². The smallest absolute Gasteiger partial charge is 0.0106 e. The quantitative estimate of drug-likeness (QED) is 0.646. The van der Waals surface area contributed by atoms with Crippen molar-refractivity contribution in [1.82, 2.24) is 0 Å². The summed E-state index contributed by atoms with van der Waals surface area (Å²) in [5.41, 5.74) is 2.71. The van der Waals surface area contributed by atoms with Crippen molar-refractivity contribution in [2.75, 3.05) is 0 Å². The highest BCUT2D eigenvalue weighted by atomic mass is 14.1. The zero-order valence-corrected chi connectivity index (χ0v) is 10.1. The lowest BCUT2D eigenvalue weighted by atomic mass is 9.91. The van der Waals surface area contributed by atoms with Crippen molar-refractivity contribution in [3.8, 4) is 0 Å². The van der Waals surface area contributed by atoms with Crippen LogP contribution in [0, 0.1) is 5.92 Å². The fourth-order valence-corrected chi connectivity index (χ4v) is 2.40. The monoisotopic (exact) mass is 220 g/mol. The second-order valence-electron chi connectivity index (χ2n) is 4.76. The highest BCUT2D eigenvalue weighted by Gasteiger charge is 2.07. The van der Waals surface area contributed by atoms with Crippen molar-refractivity contribution in [2.24, 2.45) is 5.92 Å². The van der Waals surface area contributed by atoms with E-state index in [4.69, 9.17) is 0 Å². The first-order valence-corrected chi connectivity index (χ1v) is 6.21. The van der Waals surface area contributed by atoms with Gasteiger partial charge in [-0.05, 0) is 34.2 Å². The average Bonchev–Trinajstić information content (AvgIpc) is 2.39. The van der Waals surface area contributed by atoms with E-state index in [1.165, 1.54) is 21.9 Å². The van der Waals surface area contributed by atoms with Crippen LogP contribution in [0.3, 0.4) is 0 Å². The lowest BCUT2D eigenvalue weighted by Gasteiger charge is -2.13. The van der Waals surface area contributed by atoms with Gasteiger partial charge in [0.05, 0.1) is 0 Å². The van der Waals surface area contributed by atoms with E-state index in [-0.39, 0.29) is 0 Å². The molecule has 1 unspecified atom stereocenters. The third-order valence-electron chi connectivity index (χ3n) is 3.41. The fourth-order valence-electron chi connectivity index (χ4n) is 2.40. The molecule has 0 aliphatic heterocycles. The molecule has 0 heteroatoms. The Morgan fingerprint density at radius 2 is 1.82 bits per heavy atom. The van der Waals surface area contributed by atoms with Gasteiger partial charge in [0.25, 0.3) is 0 Å². The van der Waals surface area contributed by atoms with E-state index in [1.807, 2.05) is 0 Å².